The summed E-state index contributed by atoms with van der Waals surface area (Å²) < 4.78 is 0. The zero-order chi connectivity index (χ0) is 4.28. The highest BCUT2D eigenvalue weighted by molar-refractivity contribution is 7.95. The second-order valence-corrected chi connectivity index (χ2v) is 3.46. The van der Waals surface area contributed by atoms with E-state index < -0.39 is 0 Å². The molecule has 0 unspecified atom stereocenters. The lowest BCUT2D eigenvalue weighted by atomic mass is 11.5. The van der Waals surface area contributed by atoms with Gasteiger partial charge in [0, 0.05) is 0 Å². The molecule has 0 aromatic heterocycles. The third kappa shape index (κ3) is 4.31. The van der Waals surface area contributed by atoms with Crippen molar-refractivity contribution in [3.05, 3.63) is 0 Å². The molecule has 0 aliphatic rings. The fourth-order valence-corrected chi connectivity index (χ4v) is 0. The number of rotatable bonds is 1. The molecule has 0 spiro atoms. The number of nitrogens with two attached hydrogens (primary N) is 1. The highest BCUT2D eigenvalue weighted by atomic mass is 32.2. The van der Waals surface area contributed by atoms with Gasteiger partial charge in [0.15, 0.2) is 5.88 Å². The van der Waals surface area contributed by atoms with Crippen LogP contribution in [-0.2, 0) is 10.9 Å². The Morgan fingerprint density at radius 3 is 1.80 bits per heavy atom. The van der Waals surface area contributed by atoms with Gasteiger partial charge in [-0.15, -0.1) is 0 Å². The van der Waals surface area contributed by atoms with E-state index in [-0.39, 0.29) is 0 Å². The smallest absolute Gasteiger partial charge is 0.156 e. The first-order chi connectivity index (χ1) is 2.27. The van der Waals surface area contributed by atoms with Crippen LogP contribution in [0.25, 0.3) is 0 Å². The normalized spacial score (nSPS) is 9.60. The fraction of sp³-hybridized carbons (Fsp3) is 1.00. The molecule has 0 aliphatic carbocycles. The molecule has 2 N–H and O–H groups in total. The van der Waals surface area contributed by atoms with Crippen molar-refractivity contribution in [2.24, 2.45) is 5.73 Å². The first-order valence-electron chi connectivity index (χ1n) is 1.51. The van der Waals surface area contributed by atoms with Gasteiger partial charge in [0.25, 0.3) is 0 Å². The lowest BCUT2D eigenvalue weighted by Crippen LogP contribution is -2.10. The largest absolute Gasteiger partial charge is 0.289 e. The second kappa shape index (κ2) is 2.54. The van der Waals surface area contributed by atoms with Crippen LogP contribution in [0.4, 0.5) is 0 Å². The van der Waals surface area contributed by atoms with E-state index in [0.29, 0.717) is 10.9 Å². The summed E-state index contributed by atoms with van der Waals surface area (Å²) in [5, 5.41) is 0. The Morgan fingerprint density at radius 1 is 1.60 bits per heavy atom. The van der Waals surface area contributed by atoms with Crippen LogP contribution < -0.4 is 5.73 Å². The maximum Gasteiger partial charge on any atom is 0.156 e. The standard InChI is InChI=1S/C3H10NS/c1-5(2)3-4/h3-4H2,1-2H3/q+1. The Labute approximate surface area is 35.9 Å². The van der Waals surface area contributed by atoms with Crippen LogP contribution in [0.1, 0.15) is 0 Å². The van der Waals surface area contributed by atoms with Gasteiger partial charge >= 0.3 is 0 Å². The van der Waals surface area contributed by atoms with Gasteiger partial charge in [0.2, 0.25) is 0 Å². The monoisotopic (exact) mass is 92.1 g/mol. The minimum absolute atomic E-state index is 0.455. The zero-order valence-corrected chi connectivity index (χ0v) is 4.51. The van der Waals surface area contributed by atoms with Crippen molar-refractivity contribution in [2.75, 3.05) is 18.4 Å². The molecule has 1 nitrogen and oxygen atoms in total. The van der Waals surface area contributed by atoms with E-state index in [2.05, 4.69) is 12.5 Å². The van der Waals surface area contributed by atoms with Gasteiger partial charge in [-0.1, -0.05) is 0 Å². The van der Waals surface area contributed by atoms with Gasteiger partial charge in [-0.2, -0.15) is 0 Å². The summed E-state index contributed by atoms with van der Waals surface area (Å²) in [6.07, 6.45) is 4.25. The summed E-state index contributed by atoms with van der Waals surface area (Å²) in [6.45, 7) is 0. The first-order valence-corrected chi connectivity index (χ1v) is 3.72. The second-order valence-electron chi connectivity index (χ2n) is 1.15. The molecule has 0 heterocycles. The molecule has 5 heavy (non-hydrogen) atoms. The molecule has 0 bridgehead atoms. The lowest BCUT2D eigenvalue weighted by molar-refractivity contribution is 1.39. The maximum absolute atomic E-state index is 5.18. The summed E-state index contributed by atoms with van der Waals surface area (Å²) in [4.78, 5) is 0. The van der Waals surface area contributed by atoms with Crippen molar-refractivity contribution < 1.29 is 0 Å². The van der Waals surface area contributed by atoms with Crippen molar-refractivity contribution in [1.82, 2.24) is 0 Å². The summed E-state index contributed by atoms with van der Waals surface area (Å²) in [5.74, 6) is 0.833. The summed E-state index contributed by atoms with van der Waals surface area (Å²) in [5.41, 5.74) is 5.18. The molecule has 2 heteroatoms. The van der Waals surface area contributed by atoms with E-state index in [1.54, 1.807) is 0 Å². The average Bonchev–Trinajstić information content (AvgIpc) is 1.38. The first kappa shape index (κ1) is 5.31. The molecule has 0 atom stereocenters. The Balaban J connectivity index is 2.54. The lowest BCUT2D eigenvalue weighted by Gasteiger charge is -1.81. The van der Waals surface area contributed by atoms with Crippen LogP contribution in [-0.4, -0.2) is 18.4 Å². The molecule has 32 valence electrons. The SMILES string of the molecule is C[S+](C)CN. The van der Waals surface area contributed by atoms with Crippen molar-refractivity contribution in [3.8, 4) is 0 Å². The predicted molar refractivity (Wildman–Crippen MR) is 28.3 cm³/mol. The summed E-state index contributed by atoms with van der Waals surface area (Å²) in [7, 11) is 0.455. The van der Waals surface area contributed by atoms with E-state index >= 15 is 0 Å². The third-order valence-corrected chi connectivity index (χ3v) is 1.00. The number of hydrogen-bond donors (Lipinski definition) is 1. The van der Waals surface area contributed by atoms with Gasteiger partial charge < -0.3 is 0 Å². The molecular formula is C3H10NS+. The van der Waals surface area contributed by atoms with Crippen LogP contribution >= 0.6 is 0 Å². The van der Waals surface area contributed by atoms with E-state index in [4.69, 9.17) is 5.73 Å². The molecule has 0 aliphatic heterocycles. The third-order valence-electron chi connectivity index (χ3n) is 0.333. The quantitative estimate of drug-likeness (QED) is 0.445. The van der Waals surface area contributed by atoms with E-state index in [1.165, 1.54) is 0 Å². The molecule has 0 aromatic rings. The van der Waals surface area contributed by atoms with Crippen molar-refractivity contribution in [3.63, 3.8) is 0 Å². The maximum atomic E-state index is 5.18. The van der Waals surface area contributed by atoms with Gasteiger partial charge in [-0.05, 0) is 10.9 Å². The van der Waals surface area contributed by atoms with Crippen LogP contribution in [0.5, 0.6) is 0 Å². The molecule has 0 saturated heterocycles. The molecule has 0 aromatic carbocycles. The summed E-state index contributed by atoms with van der Waals surface area (Å²) in [6, 6.07) is 0. The van der Waals surface area contributed by atoms with Crippen LogP contribution in [0.15, 0.2) is 0 Å². The van der Waals surface area contributed by atoms with Crippen molar-refractivity contribution in [1.29, 1.82) is 0 Å². The predicted octanol–water partition coefficient (Wildman–Crippen LogP) is -0.219. The summed E-state index contributed by atoms with van der Waals surface area (Å²) >= 11 is 0. The minimum atomic E-state index is 0.455. The average molecular weight is 92.2 g/mol. The van der Waals surface area contributed by atoms with Crippen molar-refractivity contribution in [2.45, 2.75) is 0 Å². The highest BCUT2D eigenvalue weighted by Crippen LogP contribution is 1.70. The van der Waals surface area contributed by atoms with Gasteiger partial charge in [-0.3, -0.25) is 5.73 Å². The molecular weight excluding hydrogens is 82.1 g/mol. The van der Waals surface area contributed by atoms with Crippen LogP contribution in [0.3, 0.4) is 0 Å². The topological polar surface area (TPSA) is 26.0 Å². The fourth-order valence-electron chi connectivity index (χ4n) is 0. The zero-order valence-electron chi connectivity index (χ0n) is 3.69. The highest BCUT2D eigenvalue weighted by Gasteiger charge is 1.89. The Hall–Kier alpha value is 0.310. The minimum Gasteiger partial charge on any atom is -0.289 e. The number of hydrogen-bond acceptors (Lipinski definition) is 1. The van der Waals surface area contributed by atoms with Gasteiger partial charge in [0.05, 0.1) is 12.5 Å². The van der Waals surface area contributed by atoms with E-state index in [9.17, 15) is 0 Å². The van der Waals surface area contributed by atoms with E-state index in [1.807, 2.05) is 0 Å². The molecule has 0 amide bonds. The molecule has 0 saturated carbocycles. The van der Waals surface area contributed by atoms with Gasteiger partial charge in [-0.25, -0.2) is 0 Å². The molecule has 0 radical (unpaired) electrons. The van der Waals surface area contributed by atoms with Crippen LogP contribution in [0, 0.1) is 0 Å². The van der Waals surface area contributed by atoms with E-state index in [0.717, 1.165) is 5.88 Å². The van der Waals surface area contributed by atoms with Crippen LogP contribution in [0.2, 0.25) is 0 Å². The Kier molecular flexibility index (Phi) is 2.70. The molecule has 0 rings (SSSR count). The van der Waals surface area contributed by atoms with Gasteiger partial charge in [0.1, 0.15) is 0 Å². The Morgan fingerprint density at radius 2 is 1.80 bits per heavy atom. The molecule has 0 fully saturated rings. The Bertz CT molecular complexity index is 20.9. The van der Waals surface area contributed by atoms with Crippen molar-refractivity contribution >= 4 is 10.9 Å².